The van der Waals surface area contributed by atoms with Crippen molar-refractivity contribution in [2.75, 3.05) is 24.7 Å². The molecule has 0 radical (unpaired) electrons. The third-order valence-corrected chi connectivity index (χ3v) is 10.3. The summed E-state index contributed by atoms with van der Waals surface area (Å²) in [5, 5.41) is 15.4. The zero-order valence-electron chi connectivity index (χ0n) is 18.2. The summed E-state index contributed by atoms with van der Waals surface area (Å²) >= 11 is 0. The summed E-state index contributed by atoms with van der Waals surface area (Å²) in [7, 11) is -7.30. The maximum Gasteiger partial charge on any atom is 0.247 e. The molecule has 172 valence electrons. The van der Waals surface area contributed by atoms with Gasteiger partial charge in [-0.1, -0.05) is 19.0 Å². The zero-order chi connectivity index (χ0) is 23.1. The van der Waals surface area contributed by atoms with Crippen LogP contribution in [-0.4, -0.2) is 72.8 Å². The van der Waals surface area contributed by atoms with Crippen LogP contribution in [0.15, 0.2) is 10.6 Å². The van der Waals surface area contributed by atoms with Crippen LogP contribution in [0.5, 0.6) is 0 Å². The van der Waals surface area contributed by atoms with Crippen LogP contribution in [-0.2, 0) is 30.1 Å². The Labute approximate surface area is 178 Å². The molecule has 2 N–H and O–H groups in total. The number of hydrogen-bond acceptors (Lipinski definition) is 8. The molecule has 1 aliphatic rings. The Morgan fingerprint density at radius 2 is 1.77 bits per heavy atom. The molecule has 1 unspecified atom stereocenters. The Bertz CT molecular complexity index is 987. The van der Waals surface area contributed by atoms with Gasteiger partial charge in [-0.2, -0.15) is 0 Å². The van der Waals surface area contributed by atoms with Crippen molar-refractivity contribution in [3.05, 3.63) is 11.8 Å². The molecule has 0 aromatic carbocycles. The summed E-state index contributed by atoms with van der Waals surface area (Å²) in [5.74, 6) is -0.788. The van der Waals surface area contributed by atoms with E-state index in [0.29, 0.717) is 5.69 Å². The van der Waals surface area contributed by atoms with Crippen molar-refractivity contribution in [3.63, 3.8) is 0 Å². The summed E-state index contributed by atoms with van der Waals surface area (Å²) in [4.78, 5) is 12.8. The second-order valence-corrected chi connectivity index (χ2v) is 13.6. The molecule has 0 aliphatic carbocycles. The average Bonchev–Trinajstić information content (AvgIpc) is 3.10. The van der Waals surface area contributed by atoms with Gasteiger partial charge >= 0.3 is 0 Å². The van der Waals surface area contributed by atoms with E-state index in [1.807, 2.05) is 0 Å². The first-order valence-electron chi connectivity index (χ1n) is 9.66. The minimum Gasteiger partial charge on any atom is -0.392 e. The number of sulfonamides is 1. The van der Waals surface area contributed by atoms with Gasteiger partial charge in [0.05, 0.1) is 23.3 Å². The number of aromatic nitrogens is 1. The lowest BCUT2D eigenvalue weighted by molar-refractivity contribution is -0.118. The number of piperidine rings is 1. The summed E-state index contributed by atoms with van der Waals surface area (Å²) in [6, 6.07) is 1.46. The predicted molar refractivity (Wildman–Crippen MR) is 112 cm³/mol. The van der Waals surface area contributed by atoms with E-state index in [-0.39, 0.29) is 31.8 Å². The molecule has 2 heterocycles. The standard InChI is InChI=1S/C18H31N3O7S2/c1-12(22)17(2,3)14-11-15(28-20-14)19-16(23)18(4,5)30(26,27)13-7-9-21(10-8-13)29(6,24)25/h11-13,22H,7-10H2,1-6H3,(H,19,23). The Kier molecular flexibility index (Phi) is 6.78. The van der Waals surface area contributed by atoms with E-state index in [1.54, 1.807) is 20.8 Å². The first-order valence-corrected chi connectivity index (χ1v) is 13.1. The fraction of sp³-hybridized carbons (Fsp3) is 0.778. The van der Waals surface area contributed by atoms with E-state index < -0.39 is 47.3 Å². The summed E-state index contributed by atoms with van der Waals surface area (Å²) < 4.78 is 54.2. The first kappa shape index (κ1) is 24.8. The van der Waals surface area contributed by atoms with Gasteiger partial charge in [-0.15, -0.1) is 0 Å². The minimum absolute atomic E-state index is 0.0149. The van der Waals surface area contributed by atoms with Crippen molar-refractivity contribution < 1.29 is 31.3 Å². The number of anilines is 1. The van der Waals surface area contributed by atoms with E-state index in [4.69, 9.17) is 4.52 Å². The number of sulfone groups is 1. The predicted octanol–water partition coefficient (Wildman–Crippen LogP) is 0.889. The van der Waals surface area contributed by atoms with Crippen LogP contribution in [0.2, 0.25) is 0 Å². The van der Waals surface area contributed by atoms with E-state index in [2.05, 4.69) is 10.5 Å². The number of hydrogen-bond donors (Lipinski definition) is 2. The number of rotatable bonds is 7. The zero-order valence-corrected chi connectivity index (χ0v) is 19.8. The molecule has 30 heavy (non-hydrogen) atoms. The highest BCUT2D eigenvalue weighted by atomic mass is 32.2. The molecule has 0 bridgehead atoms. The molecule has 0 spiro atoms. The topological polar surface area (TPSA) is 147 Å². The van der Waals surface area contributed by atoms with Crippen molar-refractivity contribution >= 4 is 31.7 Å². The number of aliphatic hydroxyl groups is 1. The van der Waals surface area contributed by atoms with Gasteiger partial charge in [0.1, 0.15) is 4.75 Å². The highest BCUT2D eigenvalue weighted by molar-refractivity contribution is 7.94. The molecule has 1 aliphatic heterocycles. The maximum absolute atomic E-state index is 13.1. The highest BCUT2D eigenvalue weighted by Crippen LogP contribution is 2.31. The quantitative estimate of drug-likeness (QED) is 0.603. The second-order valence-electron chi connectivity index (χ2n) is 8.84. The molecular formula is C18H31N3O7S2. The van der Waals surface area contributed by atoms with Gasteiger partial charge in [-0.25, -0.2) is 21.1 Å². The average molecular weight is 466 g/mol. The van der Waals surface area contributed by atoms with Gasteiger partial charge in [0.2, 0.25) is 21.8 Å². The molecule has 1 aromatic heterocycles. The Hall–Kier alpha value is -1.50. The van der Waals surface area contributed by atoms with Gasteiger partial charge < -0.3 is 9.63 Å². The SMILES string of the molecule is CC(O)C(C)(C)c1cc(NC(=O)C(C)(C)S(=O)(=O)C2CCN(S(C)(=O)=O)CC2)on1. The minimum atomic E-state index is -3.92. The Balaban J connectivity index is 2.14. The smallest absolute Gasteiger partial charge is 0.247 e. The molecule has 1 saturated heterocycles. The summed E-state index contributed by atoms with van der Waals surface area (Å²) in [5.41, 5.74) is -0.302. The molecule has 1 amide bonds. The van der Waals surface area contributed by atoms with Gasteiger partial charge in [-0.3, -0.25) is 10.1 Å². The molecule has 0 saturated carbocycles. The van der Waals surface area contributed by atoms with Gasteiger partial charge in [0, 0.05) is 24.6 Å². The Morgan fingerprint density at radius 1 is 1.23 bits per heavy atom. The van der Waals surface area contributed by atoms with Gasteiger partial charge in [0.25, 0.3) is 0 Å². The van der Waals surface area contributed by atoms with Crippen LogP contribution in [0.4, 0.5) is 5.88 Å². The summed E-state index contributed by atoms with van der Waals surface area (Å²) in [6.07, 6.45) is 0.618. The lowest BCUT2D eigenvalue weighted by Crippen LogP contribution is -2.52. The number of carbonyl (C=O) groups is 1. The van der Waals surface area contributed by atoms with Crippen LogP contribution in [0, 0.1) is 0 Å². The van der Waals surface area contributed by atoms with Gasteiger partial charge in [-0.05, 0) is 33.6 Å². The number of nitrogens with zero attached hydrogens (tertiary/aromatic N) is 2. The molecule has 2 rings (SSSR count). The fourth-order valence-electron chi connectivity index (χ4n) is 3.13. The van der Waals surface area contributed by atoms with Crippen molar-refractivity contribution in [2.45, 2.75) is 69.0 Å². The summed E-state index contributed by atoms with van der Waals surface area (Å²) in [6.45, 7) is 7.96. The van der Waals surface area contributed by atoms with Crippen molar-refractivity contribution in [3.8, 4) is 0 Å². The maximum atomic E-state index is 13.1. The molecule has 1 atom stereocenters. The lowest BCUT2D eigenvalue weighted by atomic mass is 9.84. The van der Waals surface area contributed by atoms with Gasteiger partial charge in [0.15, 0.2) is 9.84 Å². The monoisotopic (exact) mass is 465 g/mol. The van der Waals surface area contributed by atoms with Crippen molar-refractivity contribution in [1.29, 1.82) is 0 Å². The van der Waals surface area contributed by atoms with E-state index >= 15 is 0 Å². The van der Waals surface area contributed by atoms with E-state index in [0.717, 1.165) is 6.26 Å². The molecule has 12 heteroatoms. The molecule has 1 fully saturated rings. The van der Waals surface area contributed by atoms with Crippen molar-refractivity contribution in [2.24, 2.45) is 0 Å². The van der Waals surface area contributed by atoms with Crippen LogP contribution < -0.4 is 5.32 Å². The number of carbonyl (C=O) groups excluding carboxylic acids is 1. The van der Waals surface area contributed by atoms with Crippen LogP contribution >= 0.6 is 0 Å². The lowest BCUT2D eigenvalue weighted by Gasteiger charge is -2.34. The van der Waals surface area contributed by atoms with Crippen molar-refractivity contribution in [1.82, 2.24) is 9.46 Å². The normalized spacial score (nSPS) is 18.9. The molecule has 1 aromatic rings. The largest absolute Gasteiger partial charge is 0.392 e. The number of nitrogens with one attached hydrogen (secondary N) is 1. The van der Waals surface area contributed by atoms with E-state index in [1.165, 1.54) is 24.2 Å². The fourth-order valence-corrected chi connectivity index (χ4v) is 5.98. The first-order chi connectivity index (χ1) is 13.5. The second kappa shape index (κ2) is 8.21. The Morgan fingerprint density at radius 3 is 2.23 bits per heavy atom. The van der Waals surface area contributed by atoms with E-state index in [9.17, 15) is 26.7 Å². The van der Waals surface area contributed by atoms with Crippen LogP contribution in [0.1, 0.15) is 53.2 Å². The third kappa shape index (κ3) is 4.71. The highest BCUT2D eigenvalue weighted by Gasteiger charge is 2.47. The third-order valence-electron chi connectivity index (χ3n) is 6.02. The molecule has 10 nitrogen and oxygen atoms in total. The van der Waals surface area contributed by atoms with Crippen LogP contribution in [0.25, 0.3) is 0 Å². The van der Waals surface area contributed by atoms with Crippen LogP contribution in [0.3, 0.4) is 0 Å². The number of aliphatic hydroxyl groups excluding tert-OH is 1. The number of amides is 1. The molecular weight excluding hydrogens is 434 g/mol.